The molecule has 1 unspecified atom stereocenters. The molecule has 0 spiro atoms. The molecule has 28 heavy (non-hydrogen) atoms. The molecule has 4 heteroatoms. The molecule has 1 atom stereocenters. The van der Waals surface area contributed by atoms with Crippen LogP contribution in [0.5, 0.6) is 0 Å². The first-order valence-corrected chi connectivity index (χ1v) is 12.4. The number of aryl methyl sites for hydroxylation is 2. The summed E-state index contributed by atoms with van der Waals surface area (Å²) in [5.74, 6) is 0. The molecule has 0 saturated heterocycles. The Morgan fingerprint density at radius 3 is 2.64 bits per heavy atom. The monoisotopic (exact) mass is 457 g/mol. The molecule has 4 rings (SSSR count). The summed E-state index contributed by atoms with van der Waals surface area (Å²) < 4.78 is 4.90. The van der Waals surface area contributed by atoms with Crippen molar-refractivity contribution in [3.8, 4) is 0 Å². The maximum absolute atomic E-state index is 2.45. The third kappa shape index (κ3) is 4.38. The van der Waals surface area contributed by atoms with Crippen molar-refractivity contribution in [2.45, 2.75) is 50.1 Å². The second-order valence-corrected chi connectivity index (χ2v) is 11.1. The van der Waals surface area contributed by atoms with Crippen LogP contribution in [0.2, 0.25) is 0 Å². The van der Waals surface area contributed by atoms with Crippen LogP contribution >= 0.6 is 0 Å². The molecule has 1 aromatic heterocycles. The Hall–Kier alpha value is -1.54. The molecule has 0 fully saturated rings. The fourth-order valence-electron chi connectivity index (χ4n) is 4.17. The molecule has 1 nitrogen and oxygen atoms in total. The molecule has 2 aromatic rings. The van der Waals surface area contributed by atoms with Gasteiger partial charge in [-0.05, 0) is 0 Å². The summed E-state index contributed by atoms with van der Waals surface area (Å²) in [7, 11) is 0. The summed E-state index contributed by atoms with van der Waals surface area (Å²) in [4.78, 5) is 0. The number of hydrogen-bond acceptors (Lipinski definition) is 0. The van der Waals surface area contributed by atoms with Crippen molar-refractivity contribution in [3.05, 3.63) is 79.9 Å². The molecule has 0 amide bonds. The van der Waals surface area contributed by atoms with Gasteiger partial charge in [0.2, 0.25) is 0 Å². The molecule has 1 aromatic carbocycles. The molecule has 2 aliphatic carbocycles. The minimum absolute atomic E-state index is 0. The first-order valence-electron chi connectivity index (χ1n) is 9.79. The summed E-state index contributed by atoms with van der Waals surface area (Å²) in [5.41, 5.74) is 8.89. The number of hydrogen-bond donors (Lipinski definition) is 0. The largest absolute Gasteiger partial charge is 1.00 e. The van der Waals surface area contributed by atoms with Crippen molar-refractivity contribution in [3.63, 3.8) is 0 Å². The van der Waals surface area contributed by atoms with Crippen LogP contribution < -0.4 is 9.41 Å². The van der Waals surface area contributed by atoms with Crippen LogP contribution in [-0.2, 0) is 23.2 Å². The second kappa shape index (κ2) is 9.78. The van der Waals surface area contributed by atoms with E-state index in [1.165, 1.54) is 48.2 Å². The Labute approximate surface area is 178 Å². The van der Waals surface area contributed by atoms with Gasteiger partial charge in [-0.3, -0.25) is 0 Å². The number of benzene rings is 1. The predicted molar refractivity (Wildman–Crippen MR) is 108 cm³/mol. The van der Waals surface area contributed by atoms with E-state index in [4.69, 9.17) is 0 Å². The van der Waals surface area contributed by atoms with E-state index in [9.17, 15) is 0 Å². The first-order chi connectivity index (χ1) is 12.7. The van der Waals surface area contributed by atoms with Gasteiger partial charge in [-0.15, -0.1) is 0 Å². The molecule has 0 saturated carbocycles. The number of nitrogens with zero attached hydrogens (tertiary/aromatic N) is 1. The van der Waals surface area contributed by atoms with Gasteiger partial charge < -0.3 is 9.41 Å². The summed E-state index contributed by atoms with van der Waals surface area (Å²) in [6.07, 6.45) is 14.7. The molecule has 1 heterocycles. The van der Waals surface area contributed by atoms with Crippen molar-refractivity contribution in [1.29, 1.82) is 0 Å². The molecule has 0 aliphatic heterocycles. The minimum atomic E-state index is -0.734. The number of allylic oxidation sites excluding steroid dienone is 5. The van der Waals surface area contributed by atoms with Gasteiger partial charge in [-0.25, -0.2) is 0 Å². The molecule has 0 N–H and O–H groups in total. The van der Waals surface area contributed by atoms with Crippen LogP contribution in [0.3, 0.4) is 0 Å². The van der Waals surface area contributed by atoms with E-state index >= 15 is 0 Å². The smallest absolute Gasteiger partial charge is 1.00 e. The SMILES string of the molecule is CCCCC1=[C]([Zr+2][CH]2C(n3cc(C)cc3C)=Cc3ccccc32)CC=C1.[F-].[F-]. The topological polar surface area (TPSA) is 4.93 Å². The molecule has 0 bridgehead atoms. The zero-order chi connectivity index (χ0) is 18.1. The minimum Gasteiger partial charge on any atom is -1.00 e. The van der Waals surface area contributed by atoms with Crippen molar-refractivity contribution in [1.82, 2.24) is 4.57 Å². The summed E-state index contributed by atoms with van der Waals surface area (Å²) in [6, 6.07) is 11.4. The molecular weight excluding hydrogens is 431 g/mol. The molecular formula is C24H27F2NZr. The fourth-order valence-corrected chi connectivity index (χ4v) is 8.51. The Balaban J connectivity index is 0.00000140. The standard InChI is InChI=1S/C15H14N.C9H13.2FH.Zr/c1-11-7-12(2)16(10-11)15-8-13-5-3-4-6-14(13)9-15;1-2-3-6-9-7-4-5-8-9;;;/h3-10H,1-2H3;4,7H,2-3,5-6H2,1H3;2*1H;/q;;;;+2/p-2. The van der Waals surface area contributed by atoms with E-state index in [1.807, 2.05) is 3.28 Å². The average molecular weight is 459 g/mol. The third-order valence-corrected chi connectivity index (χ3v) is 9.83. The van der Waals surface area contributed by atoms with E-state index in [0.29, 0.717) is 3.63 Å². The second-order valence-electron chi connectivity index (χ2n) is 7.52. The average Bonchev–Trinajstić information content (AvgIpc) is 3.31. The van der Waals surface area contributed by atoms with Gasteiger partial charge in [0.25, 0.3) is 0 Å². The Bertz CT molecular complexity index is 920. The van der Waals surface area contributed by atoms with Gasteiger partial charge in [0.15, 0.2) is 0 Å². The van der Waals surface area contributed by atoms with E-state index < -0.39 is 23.2 Å². The van der Waals surface area contributed by atoms with Gasteiger partial charge >= 0.3 is 170 Å². The van der Waals surface area contributed by atoms with E-state index in [2.05, 4.69) is 80.1 Å². The maximum Gasteiger partial charge on any atom is -1.00 e. The Kier molecular flexibility index (Phi) is 7.95. The van der Waals surface area contributed by atoms with Gasteiger partial charge in [-0.2, -0.15) is 0 Å². The Morgan fingerprint density at radius 2 is 1.93 bits per heavy atom. The normalized spacial score (nSPS) is 17.0. The van der Waals surface area contributed by atoms with Crippen molar-refractivity contribution < 1.29 is 32.6 Å². The van der Waals surface area contributed by atoms with Crippen molar-refractivity contribution in [2.24, 2.45) is 0 Å². The van der Waals surface area contributed by atoms with Gasteiger partial charge in [0.05, 0.1) is 0 Å². The summed E-state index contributed by atoms with van der Waals surface area (Å²) >= 11 is -0.734. The predicted octanol–water partition coefficient (Wildman–Crippen LogP) is 0.652. The number of halogens is 2. The molecule has 146 valence electrons. The third-order valence-electron chi connectivity index (χ3n) is 5.48. The van der Waals surface area contributed by atoms with Crippen LogP contribution in [0.25, 0.3) is 11.8 Å². The zero-order valence-electron chi connectivity index (χ0n) is 16.8. The van der Waals surface area contributed by atoms with E-state index in [-0.39, 0.29) is 9.41 Å². The van der Waals surface area contributed by atoms with Crippen molar-refractivity contribution >= 4 is 11.8 Å². The molecule has 2 aliphatic rings. The van der Waals surface area contributed by atoms with Crippen LogP contribution in [0, 0.1) is 13.8 Å². The fraction of sp³-hybridized carbons (Fsp3) is 0.333. The number of aromatic nitrogens is 1. The van der Waals surface area contributed by atoms with Gasteiger partial charge in [-0.1, -0.05) is 0 Å². The van der Waals surface area contributed by atoms with Crippen LogP contribution in [0.4, 0.5) is 0 Å². The van der Waals surface area contributed by atoms with Crippen molar-refractivity contribution in [2.75, 3.05) is 0 Å². The zero-order valence-corrected chi connectivity index (χ0v) is 19.3. The quantitative estimate of drug-likeness (QED) is 0.599. The molecule has 0 radical (unpaired) electrons. The van der Waals surface area contributed by atoms with E-state index in [0.717, 1.165) is 0 Å². The first kappa shape index (κ1) is 22.7. The van der Waals surface area contributed by atoms with Crippen LogP contribution in [-0.4, -0.2) is 4.57 Å². The number of rotatable bonds is 6. The van der Waals surface area contributed by atoms with Crippen LogP contribution in [0.1, 0.15) is 58.6 Å². The van der Waals surface area contributed by atoms with E-state index in [1.54, 1.807) is 11.1 Å². The van der Waals surface area contributed by atoms with Crippen LogP contribution in [0.15, 0.2) is 57.5 Å². The number of fused-ring (bicyclic) bond motifs is 1. The summed E-state index contributed by atoms with van der Waals surface area (Å²) in [6.45, 7) is 6.74. The maximum atomic E-state index is 2.45. The summed E-state index contributed by atoms with van der Waals surface area (Å²) in [5, 5.41) is 0. The van der Waals surface area contributed by atoms with Gasteiger partial charge in [0.1, 0.15) is 0 Å². The van der Waals surface area contributed by atoms with Gasteiger partial charge in [0, 0.05) is 0 Å². The Morgan fingerprint density at radius 1 is 1.14 bits per heavy atom. The number of unbranched alkanes of at least 4 members (excludes halogenated alkanes) is 1.